The van der Waals surface area contributed by atoms with Crippen LogP contribution in [0.1, 0.15) is 19.3 Å². The molecule has 96 valence electrons. The number of hydrogen-bond acceptors (Lipinski definition) is 3. The van der Waals surface area contributed by atoms with Crippen molar-refractivity contribution in [2.75, 3.05) is 39.9 Å². The summed E-state index contributed by atoms with van der Waals surface area (Å²) < 4.78 is 5.09. The lowest BCUT2D eigenvalue weighted by Crippen LogP contribution is -2.41. The van der Waals surface area contributed by atoms with Gasteiger partial charge in [0, 0.05) is 20.2 Å². The van der Waals surface area contributed by atoms with Crippen LogP contribution in [0, 0.1) is 5.92 Å². The van der Waals surface area contributed by atoms with Crippen molar-refractivity contribution in [1.82, 2.24) is 10.2 Å². The van der Waals surface area contributed by atoms with E-state index >= 15 is 0 Å². The second-order valence-electron chi connectivity index (χ2n) is 4.96. The third kappa shape index (κ3) is 4.13. The topological polar surface area (TPSA) is 41.6 Å². The summed E-state index contributed by atoms with van der Waals surface area (Å²) in [5.74, 6) is 1.05. The van der Waals surface area contributed by atoms with Crippen LogP contribution in [0.4, 0.5) is 0 Å². The Balaban J connectivity index is 1.66. The van der Waals surface area contributed by atoms with E-state index in [1.54, 1.807) is 7.11 Å². The molecule has 1 saturated carbocycles. The quantitative estimate of drug-likeness (QED) is 0.696. The zero-order chi connectivity index (χ0) is 12.1. The molecule has 1 aliphatic carbocycles. The lowest BCUT2D eigenvalue weighted by Gasteiger charge is -2.26. The van der Waals surface area contributed by atoms with Gasteiger partial charge in [-0.05, 0) is 37.3 Å². The molecule has 0 atom stereocenters. The average Bonchev–Trinajstić information content (AvgIpc) is 3.14. The van der Waals surface area contributed by atoms with Crippen molar-refractivity contribution in [2.45, 2.75) is 19.3 Å². The van der Waals surface area contributed by atoms with Crippen molar-refractivity contribution in [3.63, 3.8) is 0 Å². The molecule has 1 N–H and O–H groups in total. The van der Waals surface area contributed by atoms with Crippen LogP contribution in [0.15, 0.2) is 11.6 Å². The van der Waals surface area contributed by atoms with Crippen LogP contribution in [0.2, 0.25) is 0 Å². The molecule has 0 spiro atoms. The number of nitrogens with one attached hydrogen (secondary N) is 1. The number of amides is 1. The van der Waals surface area contributed by atoms with Crippen molar-refractivity contribution in [3.05, 3.63) is 11.6 Å². The highest BCUT2D eigenvalue weighted by molar-refractivity contribution is 5.78. The van der Waals surface area contributed by atoms with Gasteiger partial charge in [-0.15, -0.1) is 0 Å². The largest absolute Gasteiger partial charge is 0.380 e. The number of carbonyl (C=O) groups is 1. The summed E-state index contributed by atoms with van der Waals surface area (Å²) in [6.07, 6.45) is 5.72. The average molecular weight is 238 g/mol. The molecule has 0 aromatic heterocycles. The molecule has 1 amide bonds. The van der Waals surface area contributed by atoms with E-state index in [1.165, 1.54) is 18.4 Å². The number of hydrogen-bond donors (Lipinski definition) is 1. The number of rotatable bonds is 6. The van der Waals surface area contributed by atoms with E-state index in [4.69, 9.17) is 4.74 Å². The Morgan fingerprint density at radius 1 is 1.59 bits per heavy atom. The van der Waals surface area contributed by atoms with Gasteiger partial charge in [0.15, 0.2) is 0 Å². The smallest absolute Gasteiger partial charge is 0.236 e. The minimum absolute atomic E-state index is 0.221. The lowest BCUT2D eigenvalue weighted by atomic mass is 10.1. The maximum Gasteiger partial charge on any atom is 0.236 e. The first kappa shape index (κ1) is 12.6. The lowest BCUT2D eigenvalue weighted by molar-refractivity contribution is -0.129. The number of methoxy groups -OCH3 is 1. The first-order valence-electron chi connectivity index (χ1n) is 6.45. The fourth-order valence-electron chi connectivity index (χ4n) is 2.07. The van der Waals surface area contributed by atoms with Crippen LogP contribution in [0.5, 0.6) is 0 Å². The highest BCUT2D eigenvalue weighted by Gasteiger charge is 2.22. The van der Waals surface area contributed by atoms with E-state index in [1.807, 2.05) is 4.90 Å². The highest BCUT2D eigenvalue weighted by Crippen LogP contribution is 2.27. The van der Waals surface area contributed by atoms with Crippen LogP contribution < -0.4 is 5.32 Å². The maximum atomic E-state index is 11.9. The fourth-order valence-corrected chi connectivity index (χ4v) is 2.07. The molecule has 2 rings (SSSR count). The standard InChI is InChI=1S/C13H22N2O2/c1-17-10-12-4-6-15(7-5-12)13(16)9-14-8-11-2-3-11/h4,11,14H,2-3,5-10H2,1H3. The summed E-state index contributed by atoms with van der Waals surface area (Å²) in [4.78, 5) is 13.8. The molecule has 1 aliphatic heterocycles. The molecule has 1 heterocycles. The fraction of sp³-hybridized carbons (Fsp3) is 0.769. The molecular weight excluding hydrogens is 216 g/mol. The Morgan fingerprint density at radius 3 is 3.00 bits per heavy atom. The van der Waals surface area contributed by atoms with Crippen molar-refractivity contribution in [3.8, 4) is 0 Å². The molecular formula is C13H22N2O2. The molecule has 0 saturated heterocycles. The predicted molar refractivity (Wildman–Crippen MR) is 66.7 cm³/mol. The van der Waals surface area contributed by atoms with Crippen molar-refractivity contribution in [1.29, 1.82) is 0 Å². The second kappa shape index (κ2) is 6.17. The highest BCUT2D eigenvalue weighted by atomic mass is 16.5. The summed E-state index contributed by atoms with van der Waals surface area (Å²) in [6.45, 7) is 3.76. The molecule has 1 fully saturated rings. The van der Waals surface area contributed by atoms with Gasteiger partial charge in [0.25, 0.3) is 0 Å². The Morgan fingerprint density at radius 2 is 2.41 bits per heavy atom. The molecule has 4 heteroatoms. The molecule has 17 heavy (non-hydrogen) atoms. The van der Waals surface area contributed by atoms with Gasteiger partial charge in [0.1, 0.15) is 0 Å². The van der Waals surface area contributed by atoms with Crippen LogP contribution in [-0.2, 0) is 9.53 Å². The van der Waals surface area contributed by atoms with Crippen LogP contribution >= 0.6 is 0 Å². The van der Waals surface area contributed by atoms with Gasteiger partial charge in [-0.3, -0.25) is 4.79 Å². The second-order valence-corrected chi connectivity index (χ2v) is 4.96. The third-order valence-corrected chi connectivity index (χ3v) is 3.39. The summed E-state index contributed by atoms with van der Waals surface area (Å²) in [5, 5.41) is 3.24. The molecule has 4 nitrogen and oxygen atoms in total. The zero-order valence-corrected chi connectivity index (χ0v) is 10.6. The summed E-state index contributed by atoms with van der Waals surface area (Å²) in [7, 11) is 1.71. The molecule has 2 aliphatic rings. The van der Waals surface area contributed by atoms with E-state index < -0.39 is 0 Å². The van der Waals surface area contributed by atoms with Crippen LogP contribution in [0.25, 0.3) is 0 Å². The minimum atomic E-state index is 0.221. The van der Waals surface area contributed by atoms with Gasteiger partial charge in [0.05, 0.1) is 13.2 Å². The molecule has 0 aromatic rings. The van der Waals surface area contributed by atoms with Gasteiger partial charge >= 0.3 is 0 Å². The van der Waals surface area contributed by atoms with E-state index in [0.29, 0.717) is 13.2 Å². The first-order chi connectivity index (χ1) is 8.29. The molecule has 0 bridgehead atoms. The van der Waals surface area contributed by atoms with Gasteiger partial charge in [-0.2, -0.15) is 0 Å². The number of nitrogens with zero attached hydrogens (tertiary/aromatic N) is 1. The first-order valence-corrected chi connectivity index (χ1v) is 6.45. The Hall–Kier alpha value is -0.870. The van der Waals surface area contributed by atoms with Crippen molar-refractivity contribution in [2.24, 2.45) is 5.92 Å². The summed E-state index contributed by atoms with van der Waals surface area (Å²) in [5.41, 5.74) is 1.31. The third-order valence-electron chi connectivity index (χ3n) is 3.39. The van der Waals surface area contributed by atoms with Crippen molar-refractivity contribution < 1.29 is 9.53 Å². The predicted octanol–water partition coefficient (Wildman–Crippen LogP) is 0.791. The maximum absolute atomic E-state index is 11.9. The van der Waals surface area contributed by atoms with Gasteiger partial charge < -0.3 is 15.0 Å². The number of carbonyl (C=O) groups excluding carboxylic acids is 1. The van der Waals surface area contributed by atoms with E-state index in [2.05, 4.69) is 11.4 Å². The van der Waals surface area contributed by atoms with E-state index in [9.17, 15) is 4.79 Å². The normalized spacial score (nSPS) is 20.3. The Bertz CT molecular complexity index is 298. The Labute approximate surface area is 103 Å². The van der Waals surface area contributed by atoms with Crippen LogP contribution in [0.3, 0.4) is 0 Å². The molecule has 0 radical (unpaired) electrons. The summed E-state index contributed by atoms with van der Waals surface area (Å²) >= 11 is 0. The van der Waals surface area contributed by atoms with E-state index in [-0.39, 0.29) is 5.91 Å². The monoisotopic (exact) mass is 238 g/mol. The molecule has 0 aromatic carbocycles. The van der Waals surface area contributed by atoms with Gasteiger partial charge in [0.2, 0.25) is 5.91 Å². The zero-order valence-electron chi connectivity index (χ0n) is 10.6. The van der Waals surface area contributed by atoms with Gasteiger partial charge in [-0.25, -0.2) is 0 Å². The van der Waals surface area contributed by atoms with E-state index in [0.717, 1.165) is 32.0 Å². The summed E-state index contributed by atoms with van der Waals surface area (Å²) in [6, 6.07) is 0. The van der Waals surface area contributed by atoms with Crippen molar-refractivity contribution >= 4 is 5.91 Å². The minimum Gasteiger partial charge on any atom is -0.380 e. The Kier molecular flexibility index (Phi) is 4.57. The van der Waals surface area contributed by atoms with Crippen LogP contribution in [-0.4, -0.2) is 50.7 Å². The van der Waals surface area contributed by atoms with Gasteiger partial charge in [-0.1, -0.05) is 6.08 Å². The number of ether oxygens (including phenoxy) is 1. The SMILES string of the molecule is COCC1=CCN(C(=O)CNCC2CC2)CC1. The molecule has 0 unspecified atom stereocenters.